The summed E-state index contributed by atoms with van der Waals surface area (Å²) < 4.78 is 5.21. The van der Waals surface area contributed by atoms with Crippen LogP contribution >= 0.6 is 0 Å². The van der Waals surface area contributed by atoms with E-state index < -0.39 is 6.04 Å². The Labute approximate surface area is 114 Å². The van der Waals surface area contributed by atoms with Gasteiger partial charge in [0.15, 0.2) is 0 Å². The smallest absolute Gasteiger partial charge is 0.245 e. The van der Waals surface area contributed by atoms with Crippen molar-refractivity contribution >= 4 is 11.8 Å². The van der Waals surface area contributed by atoms with E-state index in [0.29, 0.717) is 45.6 Å². The van der Waals surface area contributed by atoms with Gasteiger partial charge in [0, 0.05) is 25.6 Å². The van der Waals surface area contributed by atoms with Crippen molar-refractivity contribution in [3.05, 3.63) is 0 Å². The summed E-state index contributed by atoms with van der Waals surface area (Å²) in [7, 11) is 0. The van der Waals surface area contributed by atoms with Gasteiger partial charge in [0.2, 0.25) is 11.8 Å². The third kappa shape index (κ3) is 5.57. The highest BCUT2D eigenvalue weighted by Gasteiger charge is 2.25. The van der Waals surface area contributed by atoms with Gasteiger partial charge in [-0.3, -0.25) is 9.59 Å². The van der Waals surface area contributed by atoms with Gasteiger partial charge in [-0.25, -0.2) is 0 Å². The quantitative estimate of drug-likeness (QED) is 0.704. The monoisotopic (exact) mass is 271 g/mol. The van der Waals surface area contributed by atoms with Crippen LogP contribution in [-0.4, -0.2) is 55.1 Å². The highest BCUT2D eigenvalue weighted by Crippen LogP contribution is 2.04. The minimum absolute atomic E-state index is 0.000714. The lowest BCUT2D eigenvalue weighted by molar-refractivity contribution is -0.140. The summed E-state index contributed by atoms with van der Waals surface area (Å²) in [6.07, 6.45) is 1.60. The number of nitrogens with zero attached hydrogens (tertiary/aromatic N) is 1. The lowest BCUT2D eigenvalue weighted by atomic mass is 10.1. The van der Waals surface area contributed by atoms with E-state index in [1.54, 1.807) is 4.90 Å². The minimum Gasteiger partial charge on any atom is -0.378 e. The third-order valence-corrected chi connectivity index (χ3v) is 3.19. The number of amides is 2. The molecule has 0 aromatic heterocycles. The van der Waals surface area contributed by atoms with E-state index in [0.717, 1.165) is 0 Å². The Morgan fingerprint density at radius 3 is 2.53 bits per heavy atom. The Morgan fingerprint density at radius 2 is 2.00 bits per heavy atom. The molecule has 2 amide bonds. The number of hydrogen-bond acceptors (Lipinski definition) is 4. The van der Waals surface area contributed by atoms with Crippen LogP contribution < -0.4 is 11.1 Å². The largest absolute Gasteiger partial charge is 0.378 e. The van der Waals surface area contributed by atoms with Crippen molar-refractivity contribution in [2.24, 2.45) is 5.73 Å². The zero-order chi connectivity index (χ0) is 14.3. The number of nitrogens with one attached hydrogen (secondary N) is 1. The average Bonchev–Trinajstić information content (AvgIpc) is 2.42. The van der Waals surface area contributed by atoms with Crippen LogP contribution in [0.25, 0.3) is 0 Å². The van der Waals surface area contributed by atoms with E-state index in [4.69, 9.17) is 10.5 Å². The number of carbonyl (C=O) groups is 2. The maximum atomic E-state index is 12.2. The Balaban J connectivity index is 2.42. The van der Waals surface area contributed by atoms with Crippen molar-refractivity contribution in [3.63, 3.8) is 0 Å². The topological polar surface area (TPSA) is 84.7 Å². The summed E-state index contributed by atoms with van der Waals surface area (Å²) in [6, 6.07) is -0.431. The van der Waals surface area contributed by atoms with Crippen LogP contribution in [0.4, 0.5) is 0 Å². The Hall–Kier alpha value is -1.14. The average molecular weight is 271 g/mol. The van der Waals surface area contributed by atoms with E-state index in [1.165, 1.54) is 0 Å². The van der Waals surface area contributed by atoms with Crippen molar-refractivity contribution in [2.75, 3.05) is 26.3 Å². The molecule has 0 radical (unpaired) electrons. The van der Waals surface area contributed by atoms with E-state index in [9.17, 15) is 9.59 Å². The van der Waals surface area contributed by atoms with Crippen LogP contribution in [0.3, 0.4) is 0 Å². The van der Waals surface area contributed by atoms with Gasteiger partial charge in [-0.1, -0.05) is 6.92 Å². The minimum atomic E-state index is -0.432. The molecule has 3 N–H and O–H groups in total. The SMILES string of the molecule is CCC(NC(=O)CCC(C)N)C(=O)N1CCOCC1. The van der Waals surface area contributed by atoms with E-state index in [-0.39, 0.29) is 17.9 Å². The van der Waals surface area contributed by atoms with Crippen LogP contribution in [0.5, 0.6) is 0 Å². The Kier molecular flexibility index (Phi) is 6.80. The second kappa shape index (κ2) is 8.12. The van der Waals surface area contributed by atoms with Crippen molar-refractivity contribution in [1.82, 2.24) is 10.2 Å². The second-order valence-electron chi connectivity index (χ2n) is 4.98. The fourth-order valence-electron chi connectivity index (χ4n) is 1.97. The second-order valence-corrected chi connectivity index (χ2v) is 4.98. The Bertz CT molecular complexity index is 302. The standard InChI is InChI=1S/C13H25N3O3/c1-3-11(15-12(17)5-4-10(2)14)13(18)16-6-8-19-9-7-16/h10-11H,3-9,14H2,1-2H3,(H,15,17). The molecule has 0 bridgehead atoms. The van der Waals surface area contributed by atoms with Gasteiger partial charge in [-0.2, -0.15) is 0 Å². The van der Waals surface area contributed by atoms with E-state index >= 15 is 0 Å². The van der Waals surface area contributed by atoms with Gasteiger partial charge >= 0.3 is 0 Å². The summed E-state index contributed by atoms with van der Waals surface area (Å²) in [4.78, 5) is 25.7. The predicted molar refractivity (Wildman–Crippen MR) is 72.5 cm³/mol. The maximum absolute atomic E-state index is 12.2. The molecule has 1 heterocycles. The molecule has 0 spiro atoms. The number of hydrogen-bond donors (Lipinski definition) is 2. The van der Waals surface area contributed by atoms with Crippen molar-refractivity contribution < 1.29 is 14.3 Å². The normalized spacial score (nSPS) is 18.8. The summed E-state index contributed by atoms with van der Waals surface area (Å²) in [5.41, 5.74) is 5.61. The number of nitrogens with two attached hydrogens (primary N) is 1. The molecule has 1 rings (SSSR count). The van der Waals surface area contributed by atoms with Crippen LogP contribution in [0.15, 0.2) is 0 Å². The Morgan fingerprint density at radius 1 is 1.37 bits per heavy atom. The molecule has 1 fully saturated rings. The van der Waals surface area contributed by atoms with Gasteiger partial charge in [-0.15, -0.1) is 0 Å². The summed E-state index contributed by atoms with van der Waals surface area (Å²) in [5, 5.41) is 2.79. The fraction of sp³-hybridized carbons (Fsp3) is 0.846. The number of morpholine rings is 1. The van der Waals surface area contributed by atoms with Crippen molar-refractivity contribution in [3.8, 4) is 0 Å². The molecule has 6 nitrogen and oxygen atoms in total. The first-order chi connectivity index (χ1) is 9.04. The van der Waals surface area contributed by atoms with Crippen LogP contribution in [0, 0.1) is 0 Å². The zero-order valence-corrected chi connectivity index (χ0v) is 11.9. The molecule has 1 aliphatic rings. The lowest BCUT2D eigenvalue weighted by Gasteiger charge is -2.30. The maximum Gasteiger partial charge on any atom is 0.245 e. The van der Waals surface area contributed by atoms with Gasteiger partial charge in [-0.05, 0) is 19.8 Å². The molecule has 1 saturated heterocycles. The molecule has 110 valence electrons. The highest BCUT2D eigenvalue weighted by molar-refractivity contribution is 5.87. The fourth-order valence-corrected chi connectivity index (χ4v) is 1.97. The number of ether oxygens (including phenoxy) is 1. The number of carbonyl (C=O) groups excluding carboxylic acids is 2. The predicted octanol–water partition coefficient (Wildman–Crippen LogP) is -0.133. The van der Waals surface area contributed by atoms with Gasteiger partial charge in [0.25, 0.3) is 0 Å². The van der Waals surface area contributed by atoms with Gasteiger partial charge in [0.05, 0.1) is 13.2 Å². The molecule has 0 aromatic rings. The molecule has 0 saturated carbocycles. The summed E-state index contributed by atoms with van der Waals surface area (Å²) >= 11 is 0. The highest BCUT2D eigenvalue weighted by atomic mass is 16.5. The summed E-state index contributed by atoms with van der Waals surface area (Å²) in [6.45, 7) is 6.11. The molecule has 6 heteroatoms. The third-order valence-electron chi connectivity index (χ3n) is 3.19. The van der Waals surface area contributed by atoms with Gasteiger partial charge < -0.3 is 20.7 Å². The molecule has 0 aromatic carbocycles. The summed E-state index contributed by atoms with van der Waals surface area (Å²) in [5.74, 6) is -0.120. The number of rotatable bonds is 6. The van der Waals surface area contributed by atoms with Crippen LogP contribution in [0.1, 0.15) is 33.1 Å². The lowest BCUT2D eigenvalue weighted by Crippen LogP contribution is -2.51. The first-order valence-corrected chi connectivity index (χ1v) is 6.96. The molecular formula is C13H25N3O3. The van der Waals surface area contributed by atoms with Crippen LogP contribution in [-0.2, 0) is 14.3 Å². The first kappa shape index (κ1) is 15.9. The van der Waals surface area contributed by atoms with E-state index in [1.807, 2.05) is 13.8 Å². The van der Waals surface area contributed by atoms with Crippen LogP contribution in [0.2, 0.25) is 0 Å². The molecular weight excluding hydrogens is 246 g/mol. The molecule has 2 unspecified atom stereocenters. The molecule has 1 aliphatic heterocycles. The first-order valence-electron chi connectivity index (χ1n) is 6.96. The van der Waals surface area contributed by atoms with Gasteiger partial charge in [0.1, 0.15) is 6.04 Å². The molecule has 2 atom stereocenters. The molecule has 19 heavy (non-hydrogen) atoms. The van der Waals surface area contributed by atoms with Crippen molar-refractivity contribution in [1.29, 1.82) is 0 Å². The van der Waals surface area contributed by atoms with Crippen molar-refractivity contribution in [2.45, 2.75) is 45.2 Å². The van der Waals surface area contributed by atoms with E-state index in [2.05, 4.69) is 5.32 Å². The molecule has 0 aliphatic carbocycles. The zero-order valence-electron chi connectivity index (χ0n) is 11.9.